The average Bonchev–Trinajstić information content (AvgIpc) is 2.37. The minimum absolute atomic E-state index is 0.0797. The molecule has 88 valence electrons. The van der Waals surface area contributed by atoms with Crippen molar-refractivity contribution in [3.05, 3.63) is 65.2 Å². The lowest BCUT2D eigenvalue weighted by molar-refractivity contribution is 0.790. The first-order valence-electron chi connectivity index (χ1n) is 5.56. The molecule has 0 aliphatic heterocycles. The van der Waals surface area contributed by atoms with Crippen LogP contribution in [0.25, 0.3) is 0 Å². The van der Waals surface area contributed by atoms with Crippen LogP contribution < -0.4 is 11.1 Å². The van der Waals surface area contributed by atoms with E-state index < -0.39 is 0 Å². The van der Waals surface area contributed by atoms with Gasteiger partial charge >= 0.3 is 0 Å². The lowest BCUT2D eigenvalue weighted by Gasteiger charge is -2.18. The molecule has 1 unspecified atom stereocenters. The second-order valence-corrected chi connectivity index (χ2v) is 4.29. The molecule has 0 radical (unpaired) electrons. The highest BCUT2D eigenvalue weighted by molar-refractivity contribution is 6.30. The number of halogens is 1. The first-order valence-corrected chi connectivity index (χ1v) is 5.94. The van der Waals surface area contributed by atoms with Crippen LogP contribution in [0.1, 0.15) is 11.6 Å². The second kappa shape index (κ2) is 5.71. The van der Waals surface area contributed by atoms with E-state index in [-0.39, 0.29) is 6.04 Å². The van der Waals surface area contributed by atoms with Crippen LogP contribution in [0.5, 0.6) is 0 Å². The maximum atomic E-state index is 5.98. The minimum atomic E-state index is 0.0797. The zero-order valence-corrected chi connectivity index (χ0v) is 10.2. The van der Waals surface area contributed by atoms with Crippen molar-refractivity contribution >= 4 is 17.3 Å². The Kier molecular flexibility index (Phi) is 4.02. The summed E-state index contributed by atoms with van der Waals surface area (Å²) in [5.74, 6) is 0. The van der Waals surface area contributed by atoms with Crippen LogP contribution in [-0.2, 0) is 0 Å². The number of rotatable bonds is 4. The summed E-state index contributed by atoms with van der Waals surface area (Å²) in [4.78, 5) is 0. The molecule has 0 aliphatic rings. The SMILES string of the molecule is NCC(Nc1ccccc1)c1cccc(Cl)c1. The summed E-state index contributed by atoms with van der Waals surface area (Å²) in [6.07, 6.45) is 0. The lowest BCUT2D eigenvalue weighted by atomic mass is 10.1. The summed E-state index contributed by atoms with van der Waals surface area (Å²) in [5, 5.41) is 4.12. The van der Waals surface area contributed by atoms with Crippen molar-refractivity contribution in [3.63, 3.8) is 0 Å². The van der Waals surface area contributed by atoms with Gasteiger partial charge in [0.25, 0.3) is 0 Å². The van der Waals surface area contributed by atoms with Gasteiger partial charge in [0.15, 0.2) is 0 Å². The van der Waals surface area contributed by atoms with Gasteiger partial charge in [-0.25, -0.2) is 0 Å². The molecule has 3 N–H and O–H groups in total. The third-order valence-electron chi connectivity index (χ3n) is 2.60. The van der Waals surface area contributed by atoms with E-state index in [1.165, 1.54) is 0 Å². The molecule has 0 saturated carbocycles. The van der Waals surface area contributed by atoms with Gasteiger partial charge in [-0.3, -0.25) is 0 Å². The minimum Gasteiger partial charge on any atom is -0.377 e. The van der Waals surface area contributed by atoms with Crippen LogP contribution in [0.2, 0.25) is 5.02 Å². The summed E-state index contributed by atoms with van der Waals surface area (Å²) in [5.41, 5.74) is 7.96. The fourth-order valence-corrected chi connectivity index (χ4v) is 1.94. The standard InChI is InChI=1S/C14H15ClN2/c15-12-6-4-5-11(9-12)14(10-16)17-13-7-2-1-3-8-13/h1-9,14,17H,10,16H2. The number of nitrogens with two attached hydrogens (primary N) is 1. The molecular formula is C14H15ClN2. The third kappa shape index (κ3) is 3.22. The molecule has 3 heteroatoms. The smallest absolute Gasteiger partial charge is 0.0636 e. The van der Waals surface area contributed by atoms with Crippen LogP contribution in [0.15, 0.2) is 54.6 Å². The number of benzene rings is 2. The fraction of sp³-hybridized carbons (Fsp3) is 0.143. The molecule has 0 bridgehead atoms. The van der Waals surface area contributed by atoms with Gasteiger partial charge < -0.3 is 11.1 Å². The lowest BCUT2D eigenvalue weighted by Crippen LogP contribution is -2.20. The molecule has 0 spiro atoms. The van der Waals surface area contributed by atoms with Crippen molar-refractivity contribution in [3.8, 4) is 0 Å². The van der Waals surface area contributed by atoms with E-state index in [0.717, 1.165) is 16.3 Å². The average molecular weight is 247 g/mol. The van der Waals surface area contributed by atoms with E-state index in [9.17, 15) is 0 Å². The van der Waals surface area contributed by atoms with Crippen LogP contribution in [0.4, 0.5) is 5.69 Å². The molecule has 0 aromatic heterocycles. The Morgan fingerprint density at radius 3 is 2.47 bits per heavy atom. The zero-order valence-electron chi connectivity index (χ0n) is 9.44. The molecule has 2 aromatic rings. The molecule has 0 amide bonds. The zero-order chi connectivity index (χ0) is 12.1. The Hall–Kier alpha value is -1.51. The summed E-state index contributed by atoms with van der Waals surface area (Å²) in [6, 6.07) is 17.9. The Balaban J connectivity index is 2.17. The monoisotopic (exact) mass is 246 g/mol. The van der Waals surface area contributed by atoms with Crippen LogP contribution >= 0.6 is 11.6 Å². The van der Waals surface area contributed by atoms with E-state index >= 15 is 0 Å². The Morgan fingerprint density at radius 2 is 1.82 bits per heavy atom. The summed E-state index contributed by atoms with van der Waals surface area (Å²) < 4.78 is 0. The summed E-state index contributed by atoms with van der Waals surface area (Å²) in [7, 11) is 0. The normalized spacial score (nSPS) is 12.1. The molecule has 2 rings (SSSR count). The first-order chi connectivity index (χ1) is 8.29. The number of anilines is 1. The van der Waals surface area contributed by atoms with E-state index in [0.29, 0.717) is 6.54 Å². The molecule has 0 saturated heterocycles. The van der Waals surface area contributed by atoms with Crippen molar-refractivity contribution in [2.24, 2.45) is 5.73 Å². The fourth-order valence-electron chi connectivity index (χ4n) is 1.74. The Morgan fingerprint density at radius 1 is 1.06 bits per heavy atom. The van der Waals surface area contributed by atoms with Crippen molar-refractivity contribution in [1.29, 1.82) is 0 Å². The van der Waals surface area contributed by atoms with Gasteiger partial charge in [-0.15, -0.1) is 0 Å². The largest absolute Gasteiger partial charge is 0.377 e. The molecule has 17 heavy (non-hydrogen) atoms. The van der Waals surface area contributed by atoms with Crippen LogP contribution in [-0.4, -0.2) is 6.54 Å². The highest BCUT2D eigenvalue weighted by Gasteiger charge is 2.09. The topological polar surface area (TPSA) is 38.0 Å². The maximum absolute atomic E-state index is 5.98. The van der Waals surface area contributed by atoms with Crippen LogP contribution in [0, 0.1) is 0 Å². The van der Waals surface area contributed by atoms with Crippen molar-refractivity contribution in [1.82, 2.24) is 0 Å². The first kappa shape index (κ1) is 12.0. The number of para-hydroxylation sites is 1. The molecule has 0 fully saturated rings. The molecule has 2 aromatic carbocycles. The predicted octanol–water partition coefficient (Wildman–Crippen LogP) is 3.45. The van der Waals surface area contributed by atoms with Crippen molar-refractivity contribution < 1.29 is 0 Å². The predicted molar refractivity (Wildman–Crippen MR) is 73.3 cm³/mol. The molecular weight excluding hydrogens is 232 g/mol. The van der Waals surface area contributed by atoms with Gasteiger partial charge in [0.05, 0.1) is 6.04 Å². The van der Waals surface area contributed by atoms with E-state index in [1.807, 2.05) is 54.6 Å². The maximum Gasteiger partial charge on any atom is 0.0636 e. The highest BCUT2D eigenvalue weighted by atomic mass is 35.5. The quantitative estimate of drug-likeness (QED) is 0.867. The summed E-state index contributed by atoms with van der Waals surface area (Å²) >= 11 is 5.98. The third-order valence-corrected chi connectivity index (χ3v) is 2.84. The molecule has 0 heterocycles. The second-order valence-electron chi connectivity index (χ2n) is 3.85. The van der Waals surface area contributed by atoms with Crippen molar-refractivity contribution in [2.75, 3.05) is 11.9 Å². The van der Waals surface area contributed by atoms with E-state index in [2.05, 4.69) is 5.32 Å². The van der Waals surface area contributed by atoms with Gasteiger partial charge in [-0.1, -0.05) is 41.9 Å². The van der Waals surface area contributed by atoms with Gasteiger partial charge in [-0.2, -0.15) is 0 Å². The number of hydrogen-bond donors (Lipinski definition) is 2. The molecule has 2 nitrogen and oxygen atoms in total. The van der Waals surface area contributed by atoms with Gasteiger partial charge in [0, 0.05) is 17.3 Å². The van der Waals surface area contributed by atoms with Gasteiger partial charge in [-0.05, 0) is 29.8 Å². The highest BCUT2D eigenvalue weighted by Crippen LogP contribution is 2.21. The van der Waals surface area contributed by atoms with E-state index in [4.69, 9.17) is 17.3 Å². The van der Waals surface area contributed by atoms with Gasteiger partial charge in [0.1, 0.15) is 0 Å². The number of nitrogens with one attached hydrogen (secondary N) is 1. The van der Waals surface area contributed by atoms with Crippen molar-refractivity contribution in [2.45, 2.75) is 6.04 Å². The van der Waals surface area contributed by atoms with Gasteiger partial charge in [0.2, 0.25) is 0 Å². The Labute approximate surface area is 106 Å². The molecule has 0 aliphatic carbocycles. The molecule has 1 atom stereocenters. The van der Waals surface area contributed by atoms with Crippen LogP contribution in [0.3, 0.4) is 0 Å². The van der Waals surface area contributed by atoms with E-state index in [1.54, 1.807) is 0 Å². The Bertz CT molecular complexity index is 471. The number of hydrogen-bond acceptors (Lipinski definition) is 2. The summed E-state index contributed by atoms with van der Waals surface area (Å²) in [6.45, 7) is 0.523.